The first kappa shape index (κ1) is 27.8. The van der Waals surface area contributed by atoms with Crippen molar-refractivity contribution in [3.63, 3.8) is 0 Å². The summed E-state index contributed by atoms with van der Waals surface area (Å²) in [7, 11) is 0. The number of fused-ring (bicyclic) bond motifs is 1. The van der Waals surface area contributed by atoms with Gasteiger partial charge < -0.3 is 5.11 Å². The number of hydrogen-bond acceptors (Lipinski definition) is 1. The molecule has 0 amide bonds. The Kier molecular flexibility index (Phi) is 10.7. The number of hydrogen-bond donors (Lipinski definition) is 1. The molecule has 0 bridgehead atoms. The van der Waals surface area contributed by atoms with Crippen LogP contribution in [0.2, 0.25) is 0 Å². The molecule has 0 saturated carbocycles. The number of benzene rings is 2. The zero-order valence-corrected chi connectivity index (χ0v) is 23.5. The third kappa shape index (κ3) is 6.93. The Morgan fingerprint density at radius 3 is 1.91 bits per heavy atom. The van der Waals surface area contributed by atoms with Gasteiger partial charge in [0.2, 0.25) is 0 Å². The predicted molar refractivity (Wildman–Crippen MR) is 153 cm³/mol. The maximum atomic E-state index is 11.8. The number of aromatic hydroxyl groups is 1. The summed E-state index contributed by atoms with van der Waals surface area (Å²) in [6.07, 6.45) is 13.1. The summed E-state index contributed by atoms with van der Waals surface area (Å²) >= 11 is 0. The van der Waals surface area contributed by atoms with Gasteiger partial charge in [0.05, 0.1) is 0 Å². The lowest BCUT2D eigenvalue weighted by atomic mass is 9.73. The lowest BCUT2D eigenvalue weighted by Gasteiger charge is -2.33. The van der Waals surface area contributed by atoms with Gasteiger partial charge in [-0.05, 0) is 53.6 Å². The minimum Gasteiger partial charge on any atom is -0.507 e. The fourth-order valence-electron chi connectivity index (χ4n) is 6.90. The average Bonchev–Trinajstić information content (AvgIpc) is 2.89. The molecule has 1 heteroatoms. The molecule has 194 valence electrons. The monoisotopic (exact) mass is 476 g/mol. The molecule has 0 saturated heterocycles. The summed E-state index contributed by atoms with van der Waals surface area (Å²) in [4.78, 5) is 0. The molecule has 1 nitrogen and oxygen atoms in total. The molecule has 0 spiro atoms. The average molecular weight is 477 g/mol. The van der Waals surface area contributed by atoms with Crippen molar-refractivity contribution in [2.24, 2.45) is 17.8 Å². The van der Waals surface area contributed by atoms with Gasteiger partial charge in [0.15, 0.2) is 0 Å². The summed E-state index contributed by atoms with van der Waals surface area (Å²) in [6, 6.07) is 15.2. The summed E-state index contributed by atoms with van der Waals surface area (Å²) < 4.78 is 0. The minimum atomic E-state index is 0.192. The van der Waals surface area contributed by atoms with E-state index in [4.69, 9.17) is 0 Å². The first-order valence-electron chi connectivity index (χ1n) is 14.8. The van der Waals surface area contributed by atoms with E-state index in [-0.39, 0.29) is 5.92 Å². The Hall–Kier alpha value is -1.76. The molecule has 0 heterocycles. The number of phenolic OH excluding ortho intramolecular Hbond substituents is 1. The molecule has 0 aromatic heterocycles. The second-order valence-corrected chi connectivity index (χ2v) is 11.8. The molecule has 1 aliphatic carbocycles. The molecule has 2 aromatic carbocycles. The van der Waals surface area contributed by atoms with Crippen LogP contribution in [0.15, 0.2) is 42.5 Å². The fraction of sp³-hybridized carbons (Fsp3) is 0.647. The standard InChI is InChI=1S/C34H52O/c1-7-9-12-18-29-22-24(3)31-20-21-32(27(6)28-16-14-11-15-17-28)34(35)33(31)25(4)23-30(26(29)5)19-13-10-8-2/h11,14-17,20-21,24-27,29-30,35H,7-10,12-13,18-19,22-23H2,1-6H3. The van der Waals surface area contributed by atoms with Gasteiger partial charge >= 0.3 is 0 Å². The van der Waals surface area contributed by atoms with Crippen LogP contribution in [0.25, 0.3) is 0 Å². The van der Waals surface area contributed by atoms with Crippen molar-refractivity contribution in [3.8, 4) is 5.75 Å². The molecule has 0 aliphatic heterocycles. The molecule has 35 heavy (non-hydrogen) atoms. The number of phenols is 1. The van der Waals surface area contributed by atoms with Gasteiger partial charge in [-0.25, -0.2) is 0 Å². The molecule has 0 fully saturated rings. The first-order chi connectivity index (χ1) is 16.9. The van der Waals surface area contributed by atoms with Gasteiger partial charge in [0.1, 0.15) is 5.75 Å². The van der Waals surface area contributed by atoms with Crippen LogP contribution in [0.5, 0.6) is 5.75 Å². The second-order valence-electron chi connectivity index (χ2n) is 11.8. The number of unbranched alkanes of at least 4 members (excludes halogenated alkanes) is 4. The van der Waals surface area contributed by atoms with Gasteiger partial charge in [-0.3, -0.25) is 0 Å². The second kappa shape index (κ2) is 13.5. The van der Waals surface area contributed by atoms with E-state index in [1.54, 1.807) is 0 Å². The van der Waals surface area contributed by atoms with E-state index in [0.29, 0.717) is 17.6 Å². The van der Waals surface area contributed by atoms with E-state index >= 15 is 0 Å². The molecule has 2 aromatic rings. The van der Waals surface area contributed by atoms with Crippen LogP contribution in [-0.4, -0.2) is 5.11 Å². The zero-order valence-electron chi connectivity index (χ0n) is 23.5. The quantitative estimate of drug-likeness (QED) is 0.338. The lowest BCUT2D eigenvalue weighted by Crippen LogP contribution is -2.23. The van der Waals surface area contributed by atoms with Crippen LogP contribution >= 0.6 is 0 Å². The van der Waals surface area contributed by atoms with Crippen molar-refractivity contribution in [2.45, 2.75) is 124 Å². The molecule has 6 unspecified atom stereocenters. The largest absolute Gasteiger partial charge is 0.507 e. The maximum Gasteiger partial charge on any atom is 0.123 e. The summed E-state index contributed by atoms with van der Waals surface area (Å²) in [5.41, 5.74) is 5.01. The smallest absolute Gasteiger partial charge is 0.123 e. The summed E-state index contributed by atoms with van der Waals surface area (Å²) in [5.74, 6) is 3.93. The predicted octanol–water partition coefficient (Wildman–Crippen LogP) is 10.6. The highest BCUT2D eigenvalue weighted by Crippen LogP contribution is 2.48. The Balaban J connectivity index is 1.99. The van der Waals surface area contributed by atoms with Gasteiger partial charge in [-0.2, -0.15) is 0 Å². The van der Waals surface area contributed by atoms with E-state index in [1.165, 1.54) is 80.9 Å². The van der Waals surface area contributed by atoms with Gasteiger partial charge in [0.25, 0.3) is 0 Å². The normalized spacial score (nSPS) is 25.8. The van der Waals surface area contributed by atoms with Crippen molar-refractivity contribution in [1.82, 2.24) is 0 Å². The molecule has 1 aliphatic rings. The van der Waals surface area contributed by atoms with Crippen LogP contribution in [0.1, 0.15) is 146 Å². The van der Waals surface area contributed by atoms with E-state index in [0.717, 1.165) is 23.3 Å². The highest BCUT2D eigenvalue weighted by atomic mass is 16.3. The van der Waals surface area contributed by atoms with Crippen LogP contribution in [0.4, 0.5) is 0 Å². The van der Waals surface area contributed by atoms with Crippen molar-refractivity contribution in [1.29, 1.82) is 0 Å². The molecular weight excluding hydrogens is 424 g/mol. The Bertz CT molecular complexity index is 885. The molecular formula is C34H52O. The third-order valence-corrected chi connectivity index (χ3v) is 9.23. The van der Waals surface area contributed by atoms with Crippen LogP contribution in [-0.2, 0) is 0 Å². The van der Waals surface area contributed by atoms with E-state index in [1.807, 2.05) is 0 Å². The molecule has 1 N–H and O–H groups in total. The first-order valence-corrected chi connectivity index (χ1v) is 14.8. The van der Waals surface area contributed by atoms with Crippen molar-refractivity contribution in [3.05, 3.63) is 64.7 Å². The number of rotatable bonds is 10. The topological polar surface area (TPSA) is 20.2 Å². The van der Waals surface area contributed by atoms with Crippen LogP contribution in [0.3, 0.4) is 0 Å². The minimum absolute atomic E-state index is 0.192. The van der Waals surface area contributed by atoms with Gasteiger partial charge in [-0.1, -0.05) is 135 Å². The van der Waals surface area contributed by atoms with Crippen LogP contribution in [0, 0.1) is 17.8 Å². The Morgan fingerprint density at radius 2 is 1.34 bits per heavy atom. The summed E-state index contributed by atoms with van der Waals surface area (Å²) in [5, 5.41) is 11.8. The van der Waals surface area contributed by atoms with Gasteiger partial charge in [-0.15, -0.1) is 0 Å². The zero-order chi connectivity index (χ0) is 25.4. The summed E-state index contributed by atoms with van der Waals surface area (Å²) in [6.45, 7) is 14.2. The van der Waals surface area contributed by atoms with E-state index in [9.17, 15) is 5.11 Å². The van der Waals surface area contributed by atoms with Crippen molar-refractivity contribution < 1.29 is 5.11 Å². The molecule has 6 atom stereocenters. The molecule has 3 rings (SSSR count). The van der Waals surface area contributed by atoms with E-state index in [2.05, 4.69) is 84.0 Å². The van der Waals surface area contributed by atoms with Gasteiger partial charge in [0, 0.05) is 17.0 Å². The van der Waals surface area contributed by atoms with Crippen LogP contribution < -0.4 is 0 Å². The maximum absolute atomic E-state index is 11.8. The van der Waals surface area contributed by atoms with Crippen molar-refractivity contribution in [2.75, 3.05) is 0 Å². The third-order valence-electron chi connectivity index (χ3n) is 9.23. The lowest BCUT2D eigenvalue weighted by molar-refractivity contribution is 0.186. The molecule has 0 radical (unpaired) electrons. The SMILES string of the molecule is CCCCCC1CC(C)c2ccc(C(C)c3ccccc3)c(O)c2C(C)CC(CCCCC)C1C. The Morgan fingerprint density at radius 1 is 0.771 bits per heavy atom. The highest BCUT2D eigenvalue weighted by molar-refractivity contribution is 5.52. The van der Waals surface area contributed by atoms with Crippen molar-refractivity contribution >= 4 is 0 Å². The fourth-order valence-corrected chi connectivity index (χ4v) is 6.90. The van der Waals surface area contributed by atoms with E-state index < -0.39 is 0 Å². The highest BCUT2D eigenvalue weighted by Gasteiger charge is 2.33. The Labute approximate surface area is 216 Å².